The Hall–Kier alpha value is -0.990. The van der Waals surface area contributed by atoms with Gasteiger partial charge in [0.2, 0.25) is 0 Å². The lowest BCUT2D eigenvalue weighted by atomic mass is 10.1. The maximum atomic E-state index is 10.9. The van der Waals surface area contributed by atoms with Crippen molar-refractivity contribution in [3.05, 3.63) is 11.8 Å². The van der Waals surface area contributed by atoms with Crippen LogP contribution in [0.4, 0.5) is 0 Å². The van der Waals surface area contributed by atoms with Crippen molar-refractivity contribution < 1.29 is 9.90 Å². The molecule has 0 radical (unpaired) electrons. The van der Waals surface area contributed by atoms with Crippen molar-refractivity contribution in [2.45, 2.75) is 72.1 Å². The standard InChI is InChI=1S/C16H31NO2/c1-4-6-8-10-12-17(13-11-9-7-5-2)14-15(3)16(18)19/h14H,4-13H2,1-3H3,(H,18,19). The molecule has 19 heavy (non-hydrogen) atoms. The predicted octanol–water partition coefficient (Wildman–Crippen LogP) is 4.44. The van der Waals surface area contributed by atoms with Crippen molar-refractivity contribution in [3.63, 3.8) is 0 Å². The number of aliphatic carboxylic acids is 1. The summed E-state index contributed by atoms with van der Waals surface area (Å²) in [6, 6.07) is 0. The van der Waals surface area contributed by atoms with Crippen LogP contribution in [-0.2, 0) is 4.79 Å². The van der Waals surface area contributed by atoms with Crippen molar-refractivity contribution in [3.8, 4) is 0 Å². The molecule has 0 aliphatic carbocycles. The van der Waals surface area contributed by atoms with E-state index in [1.807, 2.05) is 6.20 Å². The highest BCUT2D eigenvalue weighted by atomic mass is 16.4. The number of rotatable bonds is 12. The van der Waals surface area contributed by atoms with Crippen molar-refractivity contribution in [1.82, 2.24) is 4.90 Å². The highest BCUT2D eigenvalue weighted by molar-refractivity contribution is 5.85. The Labute approximate surface area is 118 Å². The molecular weight excluding hydrogens is 238 g/mol. The Balaban J connectivity index is 4.14. The zero-order valence-corrected chi connectivity index (χ0v) is 13.0. The Kier molecular flexibility index (Phi) is 11.4. The molecule has 3 nitrogen and oxygen atoms in total. The first-order valence-corrected chi connectivity index (χ1v) is 7.77. The lowest BCUT2D eigenvalue weighted by Crippen LogP contribution is -2.21. The smallest absolute Gasteiger partial charge is 0.332 e. The fraction of sp³-hybridized carbons (Fsp3) is 0.812. The monoisotopic (exact) mass is 269 g/mol. The highest BCUT2D eigenvalue weighted by Crippen LogP contribution is 2.07. The van der Waals surface area contributed by atoms with Gasteiger partial charge < -0.3 is 10.0 Å². The second kappa shape index (κ2) is 12.1. The van der Waals surface area contributed by atoms with Gasteiger partial charge in [-0.25, -0.2) is 4.79 Å². The second-order valence-electron chi connectivity index (χ2n) is 5.27. The number of carbonyl (C=O) groups is 1. The molecule has 0 rings (SSSR count). The summed E-state index contributed by atoms with van der Waals surface area (Å²) in [5, 5.41) is 8.96. The molecular formula is C16H31NO2. The van der Waals surface area contributed by atoms with Crippen LogP contribution >= 0.6 is 0 Å². The molecule has 0 saturated carbocycles. The number of hydrogen-bond acceptors (Lipinski definition) is 2. The minimum absolute atomic E-state index is 0.436. The molecule has 0 bridgehead atoms. The Morgan fingerprint density at radius 3 is 1.79 bits per heavy atom. The van der Waals surface area contributed by atoms with E-state index in [-0.39, 0.29) is 0 Å². The maximum absolute atomic E-state index is 10.9. The van der Waals surface area contributed by atoms with Gasteiger partial charge in [-0.2, -0.15) is 0 Å². The van der Waals surface area contributed by atoms with Crippen LogP contribution in [0.5, 0.6) is 0 Å². The number of carboxylic acids is 1. The summed E-state index contributed by atoms with van der Waals surface area (Å²) >= 11 is 0. The largest absolute Gasteiger partial charge is 0.478 e. The van der Waals surface area contributed by atoms with Gasteiger partial charge in [0.15, 0.2) is 0 Å². The summed E-state index contributed by atoms with van der Waals surface area (Å²) in [6.45, 7) is 8.05. The first-order valence-electron chi connectivity index (χ1n) is 7.77. The first kappa shape index (κ1) is 18.0. The summed E-state index contributed by atoms with van der Waals surface area (Å²) in [5.41, 5.74) is 0.436. The fourth-order valence-electron chi connectivity index (χ4n) is 2.05. The quantitative estimate of drug-likeness (QED) is 0.420. The van der Waals surface area contributed by atoms with Crippen molar-refractivity contribution >= 4 is 5.97 Å². The molecule has 112 valence electrons. The van der Waals surface area contributed by atoms with Crippen LogP contribution in [0.25, 0.3) is 0 Å². The minimum atomic E-state index is -0.813. The molecule has 1 N–H and O–H groups in total. The molecule has 0 saturated heterocycles. The van der Waals surface area contributed by atoms with E-state index in [2.05, 4.69) is 18.7 Å². The summed E-state index contributed by atoms with van der Waals surface area (Å²) in [7, 11) is 0. The number of nitrogens with zero attached hydrogens (tertiary/aromatic N) is 1. The average molecular weight is 269 g/mol. The van der Waals surface area contributed by atoms with E-state index in [1.54, 1.807) is 6.92 Å². The predicted molar refractivity (Wildman–Crippen MR) is 81.2 cm³/mol. The van der Waals surface area contributed by atoms with Crippen molar-refractivity contribution in [2.24, 2.45) is 0 Å². The third kappa shape index (κ3) is 10.6. The first-order chi connectivity index (χ1) is 9.11. The molecule has 0 amide bonds. The van der Waals surface area contributed by atoms with Gasteiger partial charge in [-0.05, 0) is 19.8 Å². The fourth-order valence-corrected chi connectivity index (χ4v) is 2.05. The molecule has 0 fully saturated rings. The summed E-state index contributed by atoms with van der Waals surface area (Å²) in [5.74, 6) is -0.813. The van der Waals surface area contributed by atoms with Crippen molar-refractivity contribution in [2.75, 3.05) is 13.1 Å². The van der Waals surface area contributed by atoms with Gasteiger partial charge >= 0.3 is 5.97 Å². The van der Waals surface area contributed by atoms with E-state index in [4.69, 9.17) is 5.11 Å². The molecule has 0 unspecified atom stereocenters. The van der Waals surface area contributed by atoms with Gasteiger partial charge in [-0.1, -0.05) is 52.4 Å². The second-order valence-corrected chi connectivity index (χ2v) is 5.27. The van der Waals surface area contributed by atoms with E-state index < -0.39 is 5.97 Å². The van der Waals surface area contributed by atoms with Gasteiger partial charge in [0.05, 0.1) is 0 Å². The van der Waals surface area contributed by atoms with Crippen LogP contribution in [-0.4, -0.2) is 29.1 Å². The normalized spacial score (nSPS) is 11.6. The van der Waals surface area contributed by atoms with E-state index in [1.165, 1.54) is 38.5 Å². The zero-order valence-electron chi connectivity index (χ0n) is 13.0. The van der Waals surface area contributed by atoms with E-state index in [0.29, 0.717) is 5.57 Å². The van der Waals surface area contributed by atoms with Gasteiger partial charge in [0.25, 0.3) is 0 Å². The molecule has 0 aliphatic rings. The summed E-state index contributed by atoms with van der Waals surface area (Å²) in [4.78, 5) is 13.1. The van der Waals surface area contributed by atoms with Gasteiger partial charge in [0.1, 0.15) is 0 Å². The summed E-state index contributed by atoms with van der Waals surface area (Å²) in [6.07, 6.45) is 11.6. The van der Waals surface area contributed by atoms with Gasteiger partial charge in [-0.3, -0.25) is 0 Å². The van der Waals surface area contributed by atoms with Crippen LogP contribution in [0.3, 0.4) is 0 Å². The Bertz CT molecular complexity index is 249. The lowest BCUT2D eigenvalue weighted by molar-refractivity contribution is -0.132. The van der Waals surface area contributed by atoms with Gasteiger partial charge in [0, 0.05) is 24.9 Å². The number of carboxylic acid groups (broad SMARTS) is 1. The number of unbranched alkanes of at least 4 members (excludes halogenated alkanes) is 6. The molecule has 0 aliphatic heterocycles. The van der Waals surface area contributed by atoms with E-state index in [9.17, 15) is 4.79 Å². The van der Waals surface area contributed by atoms with Crippen LogP contribution in [0.15, 0.2) is 11.8 Å². The average Bonchev–Trinajstić information content (AvgIpc) is 2.38. The van der Waals surface area contributed by atoms with Crippen molar-refractivity contribution in [1.29, 1.82) is 0 Å². The molecule has 3 heteroatoms. The molecule has 0 heterocycles. The maximum Gasteiger partial charge on any atom is 0.332 e. The molecule has 0 aromatic carbocycles. The molecule has 0 spiro atoms. The third-order valence-electron chi connectivity index (χ3n) is 3.31. The minimum Gasteiger partial charge on any atom is -0.478 e. The Morgan fingerprint density at radius 1 is 0.947 bits per heavy atom. The van der Waals surface area contributed by atoms with Crippen LogP contribution < -0.4 is 0 Å². The molecule has 0 atom stereocenters. The SMILES string of the molecule is CCCCCCN(C=C(C)C(=O)O)CCCCCC. The van der Waals surface area contributed by atoms with Crippen LogP contribution in [0.1, 0.15) is 72.1 Å². The van der Waals surface area contributed by atoms with Crippen LogP contribution in [0.2, 0.25) is 0 Å². The Morgan fingerprint density at radius 2 is 1.42 bits per heavy atom. The van der Waals surface area contributed by atoms with Gasteiger partial charge in [-0.15, -0.1) is 0 Å². The highest BCUT2D eigenvalue weighted by Gasteiger charge is 2.05. The number of hydrogen-bond donors (Lipinski definition) is 1. The zero-order chi connectivity index (χ0) is 14.5. The lowest BCUT2D eigenvalue weighted by Gasteiger charge is -2.21. The molecule has 0 aromatic heterocycles. The van der Waals surface area contributed by atoms with Crippen LogP contribution in [0, 0.1) is 0 Å². The summed E-state index contributed by atoms with van der Waals surface area (Å²) < 4.78 is 0. The topological polar surface area (TPSA) is 40.5 Å². The molecule has 0 aromatic rings. The van der Waals surface area contributed by atoms with E-state index in [0.717, 1.165) is 25.9 Å². The third-order valence-corrected chi connectivity index (χ3v) is 3.31. The van der Waals surface area contributed by atoms with E-state index >= 15 is 0 Å².